The number of hydrogen-bond donors (Lipinski definition) is 0. The second-order valence-corrected chi connectivity index (χ2v) is 6.02. The summed E-state index contributed by atoms with van der Waals surface area (Å²) in [5, 5.41) is 0. The second-order valence-electron chi connectivity index (χ2n) is 6.02. The molecule has 5 nitrogen and oxygen atoms in total. The highest BCUT2D eigenvalue weighted by atomic mass is 19.1. The van der Waals surface area contributed by atoms with Gasteiger partial charge in [-0.3, -0.25) is 14.8 Å². The SMILES string of the molecule is COc1ccc(F)cc1C(=O)N1CCC[C@@H](c2cncc(C)n2)C1. The van der Waals surface area contributed by atoms with E-state index in [0.717, 1.165) is 24.2 Å². The molecule has 0 bridgehead atoms. The van der Waals surface area contributed by atoms with Gasteiger partial charge < -0.3 is 9.64 Å². The van der Waals surface area contributed by atoms with Crippen LogP contribution in [0.25, 0.3) is 0 Å². The highest BCUT2D eigenvalue weighted by molar-refractivity contribution is 5.97. The maximum atomic E-state index is 13.6. The Hall–Kier alpha value is -2.50. The predicted octanol–water partition coefficient (Wildman–Crippen LogP) is 2.95. The molecule has 0 radical (unpaired) electrons. The summed E-state index contributed by atoms with van der Waals surface area (Å²) in [5.41, 5.74) is 2.02. The second kappa shape index (κ2) is 6.95. The van der Waals surface area contributed by atoms with Crippen molar-refractivity contribution in [2.45, 2.75) is 25.7 Å². The standard InChI is InChI=1S/C18H20FN3O2/c1-12-9-20-10-16(21-12)13-4-3-7-22(11-13)18(23)15-8-14(19)5-6-17(15)24-2/h5-6,8-10,13H,3-4,7,11H2,1-2H3/t13-/m1/s1. The first-order valence-corrected chi connectivity index (χ1v) is 8.00. The Kier molecular flexibility index (Phi) is 4.74. The molecule has 1 amide bonds. The average Bonchev–Trinajstić information content (AvgIpc) is 2.61. The number of halogens is 1. The summed E-state index contributed by atoms with van der Waals surface area (Å²) in [4.78, 5) is 23.3. The van der Waals surface area contributed by atoms with E-state index in [1.165, 1.54) is 25.3 Å². The Balaban J connectivity index is 1.82. The molecule has 2 heterocycles. The first-order valence-electron chi connectivity index (χ1n) is 8.00. The van der Waals surface area contributed by atoms with E-state index in [4.69, 9.17) is 4.74 Å². The first-order chi connectivity index (χ1) is 11.6. The lowest BCUT2D eigenvalue weighted by Gasteiger charge is -2.32. The fourth-order valence-corrected chi connectivity index (χ4v) is 3.10. The summed E-state index contributed by atoms with van der Waals surface area (Å²) in [6.45, 7) is 3.10. The number of hydrogen-bond acceptors (Lipinski definition) is 4. The smallest absolute Gasteiger partial charge is 0.257 e. The lowest BCUT2D eigenvalue weighted by atomic mass is 9.94. The van der Waals surface area contributed by atoms with Gasteiger partial charge in [0.15, 0.2) is 0 Å². The molecule has 0 N–H and O–H groups in total. The molecule has 1 saturated heterocycles. The van der Waals surface area contributed by atoms with Crippen molar-refractivity contribution >= 4 is 5.91 Å². The van der Waals surface area contributed by atoms with Crippen molar-refractivity contribution in [2.24, 2.45) is 0 Å². The number of carbonyl (C=O) groups excluding carboxylic acids is 1. The molecule has 0 aliphatic carbocycles. The molecule has 3 rings (SSSR count). The van der Waals surface area contributed by atoms with Gasteiger partial charge in [-0.25, -0.2) is 4.39 Å². The number of aryl methyl sites for hydroxylation is 1. The summed E-state index contributed by atoms with van der Waals surface area (Å²) >= 11 is 0. The Morgan fingerprint density at radius 1 is 1.38 bits per heavy atom. The van der Waals surface area contributed by atoms with Crippen molar-refractivity contribution < 1.29 is 13.9 Å². The fourth-order valence-electron chi connectivity index (χ4n) is 3.10. The number of aromatic nitrogens is 2. The Labute approximate surface area is 140 Å². The van der Waals surface area contributed by atoms with Crippen molar-refractivity contribution in [3.63, 3.8) is 0 Å². The number of methoxy groups -OCH3 is 1. The Bertz CT molecular complexity index is 751. The van der Waals surface area contributed by atoms with Crippen molar-refractivity contribution in [3.8, 4) is 5.75 Å². The van der Waals surface area contributed by atoms with Crippen molar-refractivity contribution in [2.75, 3.05) is 20.2 Å². The average molecular weight is 329 g/mol. The highest BCUT2D eigenvalue weighted by Crippen LogP contribution is 2.28. The van der Waals surface area contributed by atoms with Crippen LogP contribution < -0.4 is 4.74 Å². The molecule has 0 spiro atoms. The van der Waals surface area contributed by atoms with E-state index in [-0.39, 0.29) is 17.4 Å². The molecule has 1 atom stereocenters. The maximum Gasteiger partial charge on any atom is 0.257 e. The monoisotopic (exact) mass is 329 g/mol. The number of piperidine rings is 1. The lowest BCUT2D eigenvalue weighted by Crippen LogP contribution is -2.39. The zero-order valence-electron chi connectivity index (χ0n) is 13.8. The molecule has 2 aromatic rings. The van der Waals surface area contributed by atoms with Crippen LogP contribution in [-0.4, -0.2) is 41.0 Å². The number of nitrogens with zero attached hydrogens (tertiary/aromatic N) is 3. The fraction of sp³-hybridized carbons (Fsp3) is 0.389. The van der Waals surface area contributed by atoms with Gasteiger partial charge in [-0.15, -0.1) is 0 Å². The number of carbonyl (C=O) groups is 1. The molecule has 0 saturated carbocycles. The quantitative estimate of drug-likeness (QED) is 0.869. The first kappa shape index (κ1) is 16.4. The van der Waals surface area contributed by atoms with Gasteiger partial charge in [0.25, 0.3) is 5.91 Å². The van der Waals surface area contributed by atoms with Gasteiger partial charge in [0.05, 0.1) is 24.1 Å². The molecule has 1 fully saturated rings. The normalized spacial score (nSPS) is 17.6. The summed E-state index contributed by atoms with van der Waals surface area (Å²) in [6.07, 6.45) is 5.31. The third-order valence-corrected chi connectivity index (χ3v) is 4.29. The van der Waals surface area contributed by atoms with Gasteiger partial charge in [0.2, 0.25) is 0 Å². The molecule has 1 aliphatic heterocycles. The van der Waals surface area contributed by atoms with Crippen molar-refractivity contribution in [1.29, 1.82) is 0 Å². The van der Waals surface area contributed by atoms with Gasteiger partial charge in [-0.2, -0.15) is 0 Å². The predicted molar refractivity (Wildman–Crippen MR) is 87.6 cm³/mol. The maximum absolute atomic E-state index is 13.6. The van der Waals surface area contributed by atoms with E-state index in [9.17, 15) is 9.18 Å². The summed E-state index contributed by atoms with van der Waals surface area (Å²) in [7, 11) is 1.48. The molecule has 126 valence electrons. The molecule has 6 heteroatoms. The van der Waals surface area contributed by atoms with Gasteiger partial charge in [0.1, 0.15) is 11.6 Å². The number of benzene rings is 1. The van der Waals surface area contributed by atoms with E-state index in [1.54, 1.807) is 17.3 Å². The van der Waals surface area contributed by atoms with E-state index in [1.807, 2.05) is 6.92 Å². The summed E-state index contributed by atoms with van der Waals surface area (Å²) in [5.74, 6) is -0.123. The largest absolute Gasteiger partial charge is 0.496 e. The summed E-state index contributed by atoms with van der Waals surface area (Å²) < 4.78 is 18.8. The van der Waals surface area contributed by atoms with Crippen LogP contribution in [0.5, 0.6) is 5.75 Å². The zero-order valence-corrected chi connectivity index (χ0v) is 13.8. The molecular formula is C18H20FN3O2. The lowest BCUT2D eigenvalue weighted by molar-refractivity contribution is 0.0702. The third-order valence-electron chi connectivity index (χ3n) is 4.29. The van der Waals surface area contributed by atoms with Crippen LogP contribution in [0.4, 0.5) is 4.39 Å². The van der Waals surface area contributed by atoms with Gasteiger partial charge >= 0.3 is 0 Å². The molecule has 24 heavy (non-hydrogen) atoms. The minimum Gasteiger partial charge on any atom is -0.496 e. The van der Waals surface area contributed by atoms with Crippen LogP contribution in [0.3, 0.4) is 0 Å². The molecule has 1 aromatic carbocycles. The zero-order chi connectivity index (χ0) is 17.1. The minimum absolute atomic E-state index is 0.148. The van der Waals surface area contributed by atoms with Crippen LogP contribution in [0.15, 0.2) is 30.6 Å². The van der Waals surface area contributed by atoms with Gasteiger partial charge in [0, 0.05) is 31.4 Å². The summed E-state index contributed by atoms with van der Waals surface area (Å²) in [6, 6.07) is 4.00. The van der Waals surface area contributed by atoms with E-state index in [0.29, 0.717) is 18.8 Å². The van der Waals surface area contributed by atoms with E-state index < -0.39 is 5.82 Å². The third kappa shape index (κ3) is 3.37. The molecular weight excluding hydrogens is 309 g/mol. The Morgan fingerprint density at radius 2 is 2.21 bits per heavy atom. The minimum atomic E-state index is -0.447. The number of ether oxygens (including phenoxy) is 1. The number of likely N-dealkylation sites (tertiary alicyclic amines) is 1. The van der Waals surface area contributed by atoms with Crippen molar-refractivity contribution in [1.82, 2.24) is 14.9 Å². The molecule has 1 aliphatic rings. The molecule has 1 aromatic heterocycles. The van der Waals surface area contributed by atoms with Crippen molar-refractivity contribution in [3.05, 3.63) is 53.4 Å². The van der Waals surface area contributed by atoms with Crippen LogP contribution in [0, 0.1) is 12.7 Å². The number of amides is 1. The van der Waals surface area contributed by atoms with Crippen LogP contribution >= 0.6 is 0 Å². The van der Waals surface area contributed by atoms with Gasteiger partial charge in [-0.05, 0) is 38.0 Å². The number of rotatable bonds is 3. The van der Waals surface area contributed by atoms with E-state index >= 15 is 0 Å². The topological polar surface area (TPSA) is 55.3 Å². The Morgan fingerprint density at radius 3 is 2.96 bits per heavy atom. The van der Waals surface area contributed by atoms with Crippen LogP contribution in [0.2, 0.25) is 0 Å². The van der Waals surface area contributed by atoms with E-state index in [2.05, 4.69) is 9.97 Å². The van der Waals surface area contributed by atoms with Gasteiger partial charge in [-0.1, -0.05) is 0 Å². The highest BCUT2D eigenvalue weighted by Gasteiger charge is 2.28. The van der Waals surface area contributed by atoms with Crippen LogP contribution in [0.1, 0.15) is 40.5 Å². The molecule has 0 unspecified atom stereocenters. The van der Waals surface area contributed by atoms with Crippen LogP contribution in [-0.2, 0) is 0 Å².